The standard InChI is InChI=1S/C33H42N4O6/c1-33(2,3)28(20-42-31(34)39)43-25-11-9-23(10-12-25)30(22-7-5-4-6-8-22)24-13-16-36(17-14-24)32(40)37-18-15-27-26(19-37)35-29(38)21-41-27/h4-12,26-28H,13-21H2,1-3H3,(H2,34,39)(H,35,38)/t26-,27+,28?/m1/s1. The molecule has 3 saturated heterocycles. The van der Waals surface area contributed by atoms with E-state index in [2.05, 4.69) is 29.6 Å². The largest absolute Gasteiger partial charge is 0.486 e. The van der Waals surface area contributed by atoms with E-state index in [1.807, 2.05) is 60.9 Å². The molecular formula is C33H42N4O6. The number of piperidine rings is 2. The normalized spacial score (nSPS) is 21.4. The van der Waals surface area contributed by atoms with Gasteiger partial charge < -0.3 is 35.1 Å². The monoisotopic (exact) mass is 590 g/mol. The summed E-state index contributed by atoms with van der Waals surface area (Å²) < 4.78 is 16.9. The molecule has 0 spiro atoms. The summed E-state index contributed by atoms with van der Waals surface area (Å²) in [5.41, 5.74) is 9.59. The van der Waals surface area contributed by atoms with Crippen molar-refractivity contribution in [2.45, 2.75) is 58.3 Å². The van der Waals surface area contributed by atoms with Crippen LogP contribution in [0.4, 0.5) is 9.59 Å². The van der Waals surface area contributed by atoms with Gasteiger partial charge in [0.1, 0.15) is 25.1 Å². The highest BCUT2D eigenvalue weighted by molar-refractivity contribution is 5.83. The molecule has 4 amide bonds. The summed E-state index contributed by atoms with van der Waals surface area (Å²) in [6, 6.07) is 18.2. The summed E-state index contributed by atoms with van der Waals surface area (Å²) in [4.78, 5) is 40.2. The zero-order chi connectivity index (χ0) is 30.6. The van der Waals surface area contributed by atoms with Gasteiger partial charge in [-0.15, -0.1) is 0 Å². The van der Waals surface area contributed by atoms with E-state index in [4.69, 9.17) is 19.9 Å². The average Bonchev–Trinajstić information content (AvgIpc) is 2.99. The van der Waals surface area contributed by atoms with Crippen molar-refractivity contribution < 1.29 is 28.6 Å². The Labute approximate surface area is 253 Å². The third-order valence-corrected chi connectivity index (χ3v) is 8.41. The molecule has 2 aromatic carbocycles. The first kappa shape index (κ1) is 30.4. The van der Waals surface area contributed by atoms with Crippen molar-refractivity contribution in [3.63, 3.8) is 0 Å². The minimum atomic E-state index is -0.822. The number of nitrogens with two attached hydrogens (primary N) is 1. The van der Waals surface area contributed by atoms with Gasteiger partial charge in [0.05, 0.1) is 12.1 Å². The number of carbonyl (C=O) groups is 3. The quantitative estimate of drug-likeness (QED) is 0.520. The lowest BCUT2D eigenvalue weighted by atomic mass is 9.88. The number of hydrogen-bond acceptors (Lipinski definition) is 6. The molecule has 0 aliphatic carbocycles. The van der Waals surface area contributed by atoms with Gasteiger partial charge in [-0.25, -0.2) is 9.59 Å². The molecule has 5 rings (SSSR count). The molecule has 1 unspecified atom stereocenters. The second kappa shape index (κ2) is 13.1. The topological polar surface area (TPSA) is 123 Å². The van der Waals surface area contributed by atoms with Gasteiger partial charge in [-0.3, -0.25) is 4.79 Å². The Morgan fingerprint density at radius 1 is 1.00 bits per heavy atom. The van der Waals surface area contributed by atoms with Crippen LogP contribution in [0.15, 0.2) is 60.2 Å². The van der Waals surface area contributed by atoms with Crippen molar-refractivity contribution in [1.82, 2.24) is 15.1 Å². The van der Waals surface area contributed by atoms with Crippen LogP contribution in [0, 0.1) is 5.41 Å². The SMILES string of the molecule is CC(C)(C)C(COC(N)=O)Oc1ccc(C(=C2CCN(C(=O)N3CC[C@@H]4OCC(=O)N[C@@H]4C3)CC2)c2ccccc2)cc1. The van der Waals surface area contributed by atoms with Crippen LogP contribution in [0.2, 0.25) is 0 Å². The van der Waals surface area contributed by atoms with Gasteiger partial charge in [0, 0.05) is 31.6 Å². The van der Waals surface area contributed by atoms with Gasteiger partial charge in [0.25, 0.3) is 0 Å². The Kier molecular flexibility index (Phi) is 9.25. The third kappa shape index (κ3) is 7.48. The Morgan fingerprint density at radius 2 is 1.67 bits per heavy atom. The zero-order valence-corrected chi connectivity index (χ0v) is 25.2. The van der Waals surface area contributed by atoms with Gasteiger partial charge in [0.15, 0.2) is 0 Å². The number of hydrogen-bond donors (Lipinski definition) is 2. The van der Waals surface area contributed by atoms with Gasteiger partial charge in [0.2, 0.25) is 5.91 Å². The van der Waals surface area contributed by atoms with Crippen LogP contribution in [0.3, 0.4) is 0 Å². The molecule has 3 fully saturated rings. The predicted molar refractivity (Wildman–Crippen MR) is 162 cm³/mol. The van der Waals surface area contributed by atoms with Gasteiger partial charge in [-0.1, -0.05) is 68.8 Å². The van der Waals surface area contributed by atoms with E-state index in [1.165, 1.54) is 11.1 Å². The lowest BCUT2D eigenvalue weighted by Gasteiger charge is -2.43. The number of primary amides is 1. The summed E-state index contributed by atoms with van der Waals surface area (Å²) in [5.74, 6) is 0.556. The maximum atomic E-state index is 13.4. The Hall–Kier alpha value is -4.05. The van der Waals surface area contributed by atoms with Gasteiger partial charge in [-0.2, -0.15) is 0 Å². The minimum Gasteiger partial charge on any atom is -0.486 e. The first-order chi connectivity index (χ1) is 20.6. The molecule has 10 heteroatoms. The zero-order valence-electron chi connectivity index (χ0n) is 25.2. The number of fused-ring (bicyclic) bond motifs is 1. The van der Waals surface area contributed by atoms with E-state index >= 15 is 0 Å². The summed E-state index contributed by atoms with van der Waals surface area (Å²) in [5, 5.41) is 2.98. The maximum Gasteiger partial charge on any atom is 0.404 e. The molecule has 10 nitrogen and oxygen atoms in total. The summed E-state index contributed by atoms with van der Waals surface area (Å²) in [7, 11) is 0. The molecular weight excluding hydrogens is 548 g/mol. The first-order valence-electron chi connectivity index (χ1n) is 15.0. The summed E-state index contributed by atoms with van der Waals surface area (Å²) >= 11 is 0. The molecule has 3 aliphatic rings. The number of amides is 4. The van der Waals surface area contributed by atoms with Crippen LogP contribution in [0.25, 0.3) is 5.57 Å². The minimum absolute atomic E-state index is 0.0220. The lowest BCUT2D eigenvalue weighted by molar-refractivity contribution is -0.139. The number of benzene rings is 2. The number of nitrogens with zero attached hydrogens (tertiary/aromatic N) is 2. The molecule has 0 radical (unpaired) electrons. The van der Waals surface area contributed by atoms with E-state index < -0.39 is 6.09 Å². The van der Waals surface area contributed by atoms with Crippen molar-refractivity contribution in [2.75, 3.05) is 39.4 Å². The fourth-order valence-corrected chi connectivity index (χ4v) is 5.95. The Balaban J connectivity index is 1.29. The highest BCUT2D eigenvalue weighted by Crippen LogP contribution is 2.34. The average molecular weight is 591 g/mol. The lowest BCUT2D eigenvalue weighted by Crippen LogP contribution is -2.62. The summed E-state index contributed by atoms with van der Waals surface area (Å²) in [6.07, 6.45) is 1.05. The molecule has 0 saturated carbocycles. The first-order valence-corrected chi connectivity index (χ1v) is 15.0. The fourth-order valence-electron chi connectivity index (χ4n) is 5.95. The molecule has 43 heavy (non-hydrogen) atoms. The number of carbonyl (C=O) groups excluding carboxylic acids is 3. The van der Waals surface area contributed by atoms with Crippen molar-refractivity contribution in [3.8, 4) is 5.75 Å². The number of morpholine rings is 1. The molecule has 0 bridgehead atoms. The van der Waals surface area contributed by atoms with E-state index in [0.717, 1.165) is 30.4 Å². The number of ether oxygens (including phenoxy) is 3. The molecule has 0 aromatic heterocycles. The van der Waals surface area contributed by atoms with Crippen LogP contribution < -0.4 is 15.8 Å². The number of rotatable bonds is 6. The third-order valence-electron chi connectivity index (χ3n) is 8.41. The second-order valence-electron chi connectivity index (χ2n) is 12.5. The smallest absolute Gasteiger partial charge is 0.404 e. The second-order valence-corrected chi connectivity index (χ2v) is 12.5. The van der Waals surface area contributed by atoms with E-state index in [9.17, 15) is 14.4 Å². The van der Waals surface area contributed by atoms with Crippen LogP contribution >= 0.6 is 0 Å². The number of urea groups is 1. The van der Waals surface area contributed by atoms with E-state index in [-0.39, 0.29) is 48.8 Å². The van der Waals surface area contributed by atoms with Gasteiger partial charge >= 0.3 is 12.1 Å². The van der Waals surface area contributed by atoms with Crippen molar-refractivity contribution in [1.29, 1.82) is 0 Å². The van der Waals surface area contributed by atoms with Crippen LogP contribution in [0.5, 0.6) is 5.75 Å². The molecule has 3 heterocycles. The van der Waals surface area contributed by atoms with E-state index in [1.54, 1.807) is 0 Å². The summed E-state index contributed by atoms with van der Waals surface area (Å²) in [6.45, 7) is 8.60. The van der Waals surface area contributed by atoms with Crippen LogP contribution in [-0.2, 0) is 14.3 Å². The van der Waals surface area contributed by atoms with Crippen LogP contribution in [0.1, 0.15) is 51.2 Å². The molecule has 3 atom stereocenters. The fraction of sp³-hybridized carbons (Fsp3) is 0.485. The highest BCUT2D eigenvalue weighted by atomic mass is 16.6. The Bertz CT molecular complexity index is 1330. The predicted octanol–water partition coefficient (Wildman–Crippen LogP) is 4.18. The molecule has 2 aromatic rings. The van der Waals surface area contributed by atoms with Gasteiger partial charge in [-0.05, 0) is 48.1 Å². The number of nitrogens with one attached hydrogen (secondary N) is 1. The highest BCUT2D eigenvalue weighted by Gasteiger charge is 2.38. The molecule has 3 N–H and O–H groups in total. The molecule has 3 aliphatic heterocycles. The van der Waals surface area contributed by atoms with Crippen molar-refractivity contribution in [3.05, 3.63) is 71.3 Å². The van der Waals surface area contributed by atoms with Crippen molar-refractivity contribution in [2.24, 2.45) is 11.1 Å². The van der Waals surface area contributed by atoms with E-state index in [0.29, 0.717) is 31.9 Å². The van der Waals surface area contributed by atoms with Crippen molar-refractivity contribution >= 4 is 23.6 Å². The van der Waals surface area contributed by atoms with Crippen LogP contribution in [-0.4, -0.2) is 85.5 Å². The Morgan fingerprint density at radius 3 is 2.33 bits per heavy atom. The maximum absolute atomic E-state index is 13.4. The molecule has 230 valence electrons. The number of likely N-dealkylation sites (tertiary alicyclic amines) is 2.